The maximum absolute atomic E-state index is 11.5. The highest BCUT2D eigenvalue weighted by Gasteiger charge is 2.54. The Labute approximate surface area is 135 Å². The zero-order valence-electron chi connectivity index (χ0n) is 12.1. The van der Waals surface area contributed by atoms with Gasteiger partial charge in [-0.05, 0) is 11.1 Å². The summed E-state index contributed by atoms with van der Waals surface area (Å²) in [5.41, 5.74) is 2.07. The lowest BCUT2D eigenvalue weighted by molar-refractivity contribution is -0.136. The summed E-state index contributed by atoms with van der Waals surface area (Å²) >= 11 is 0. The minimum atomic E-state index is -2.45. The van der Waals surface area contributed by atoms with Crippen LogP contribution in [0.2, 0.25) is 0 Å². The smallest absolute Gasteiger partial charge is 0.239 e. The van der Waals surface area contributed by atoms with Gasteiger partial charge < -0.3 is 0 Å². The Morgan fingerprint density at radius 2 is 1.22 bits per heavy atom. The van der Waals surface area contributed by atoms with Gasteiger partial charge >= 0.3 is 22.9 Å². The summed E-state index contributed by atoms with van der Waals surface area (Å²) in [6.45, 7) is 0.986. The predicted octanol–water partition coefficient (Wildman–Crippen LogP) is 4.35. The highest BCUT2D eigenvalue weighted by Crippen LogP contribution is 2.48. The van der Waals surface area contributed by atoms with Gasteiger partial charge in [-0.3, -0.25) is 0 Å². The Balaban J connectivity index is 1.80. The minimum Gasteiger partial charge on any atom is -0.239 e. The van der Waals surface area contributed by atoms with E-state index in [1.165, 1.54) is 0 Å². The first-order chi connectivity index (χ1) is 11.2. The van der Waals surface area contributed by atoms with Gasteiger partial charge in [-0.25, -0.2) is 4.90 Å². The molecule has 1 fully saturated rings. The predicted molar refractivity (Wildman–Crippen MR) is 84.4 cm³/mol. The molecule has 23 heavy (non-hydrogen) atoms. The van der Waals surface area contributed by atoms with Crippen molar-refractivity contribution in [2.75, 3.05) is 0 Å². The van der Waals surface area contributed by atoms with Crippen molar-refractivity contribution >= 4 is 16.5 Å². The third kappa shape index (κ3) is 4.72. The number of nitrogens with zero attached hydrogens (tertiary/aromatic N) is 1. The maximum Gasteiger partial charge on any atom is 0.752 e. The van der Waals surface area contributed by atoms with Gasteiger partial charge in [-0.1, -0.05) is 69.7 Å². The van der Waals surface area contributed by atoms with Crippen LogP contribution in [-0.4, -0.2) is 11.3 Å². The second-order valence-corrected chi connectivity index (χ2v) is 6.89. The van der Waals surface area contributed by atoms with E-state index in [0.29, 0.717) is 13.1 Å². The molecule has 3 rings (SSSR count). The van der Waals surface area contributed by atoms with Gasteiger partial charge in [0, 0.05) is 22.2 Å². The van der Waals surface area contributed by atoms with E-state index >= 15 is 0 Å². The normalized spacial score (nSPS) is 21.5. The molecule has 0 N–H and O–H groups in total. The SMILES string of the molecule is O=[P+]1OC(N(Cc2ccccc2)Cc2ccccc2)O[P+](=O)O1. The molecule has 1 aliphatic heterocycles. The maximum atomic E-state index is 11.5. The van der Waals surface area contributed by atoms with Crippen molar-refractivity contribution in [3.05, 3.63) is 71.8 Å². The molecule has 1 heterocycles. The molecular formula is C15H15NO5P2+2. The van der Waals surface area contributed by atoms with Crippen LogP contribution in [0, 0.1) is 0 Å². The lowest BCUT2D eigenvalue weighted by atomic mass is 10.2. The van der Waals surface area contributed by atoms with Crippen molar-refractivity contribution in [3.8, 4) is 0 Å². The first-order valence-corrected chi connectivity index (χ1v) is 9.18. The minimum absolute atomic E-state index is 0.493. The molecule has 118 valence electrons. The molecule has 0 aliphatic carbocycles. The molecule has 0 saturated carbocycles. The van der Waals surface area contributed by atoms with Gasteiger partial charge in [0.05, 0.1) is 0 Å². The Hall–Kier alpha value is -1.52. The third-order valence-electron chi connectivity index (χ3n) is 3.24. The molecule has 2 aromatic rings. The van der Waals surface area contributed by atoms with Crippen LogP contribution in [0.1, 0.15) is 11.1 Å². The third-order valence-corrected chi connectivity index (χ3v) is 5.01. The lowest BCUT2D eigenvalue weighted by Gasteiger charge is -2.24. The van der Waals surface area contributed by atoms with Crippen molar-refractivity contribution in [1.29, 1.82) is 0 Å². The average molecular weight is 351 g/mol. The van der Waals surface area contributed by atoms with Crippen molar-refractivity contribution in [3.63, 3.8) is 0 Å². The van der Waals surface area contributed by atoms with Gasteiger partial charge in [0.15, 0.2) is 4.31 Å². The van der Waals surface area contributed by atoms with E-state index in [1.54, 1.807) is 0 Å². The van der Waals surface area contributed by atoms with Crippen LogP contribution in [0.3, 0.4) is 0 Å². The number of benzene rings is 2. The second kappa shape index (κ2) is 7.84. The van der Waals surface area contributed by atoms with E-state index in [9.17, 15) is 9.13 Å². The molecule has 0 amide bonds. The van der Waals surface area contributed by atoms with E-state index in [-0.39, 0.29) is 0 Å². The van der Waals surface area contributed by atoms with Crippen molar-refractivity contribution in [2.45, 2.75) is 19.5 Å². The Morgan fingerprint density at radius 3 is 1.65 bits per heavy atom. The number of hydrogen-bond acceptors (Lipinski definition) is 6. The van der Waals surface area contributed by atoms with Crippen LogP contribution in [0.4, 0.5) is 0 Å². The monoisotopic (exact) mass is 351 g/mol. The second-order valence-electron chi connectivity index (χ2n) is 4.92. The van der Waals surface area contributed by atoms with Gasteiger partial charge in [0.25, 0.3) is 0 Å². The van der Waals surface area contributed by atoms with E-state index in [2.05, 4.69) is 4.31 Å². The first kappa shape index (κ1) is 16.3. The van der Waals surface area contributed by atoms with Crippen LogP contribution < -0.4 is 0 Å². The van der Waals surface area contributed by atoms with E-state index in [4.69, 9.17) is 9.05 Å². The highest BCUT2D eigenvalue weighted by molar-refractivity contribution is 7.48. The van der Waals surface area contributed by atoms with Crippen molar-refractivity contribution in [1.82, 2.24) is 4.90 Å². The highest BCUT2D eigenvalue weighted by atomic mass is 31.2. The fraction of sp³-hybridized carbons (Fsp3) is 0.200. The van der Waals surface area contributed by atoms with Gasteiger partial charge in [0.1, 0.15) is 0 Å². The summed E-state index contributed by atoms with van der Waals surface area (Å²) in [4.78, 5) is 1.81. The van der Waals surface area contributed by atoms with Crippen molar-refractivity contribution < 1.29 is 22.5 Å². The Morgan fingerprint density at radius 1 is 0.783 bits per heavy atom. The molecule has 0 aromatic heterocycles. The molecule has 6 nitrogen and oxygen atoms in total. The lowest BCUT2D eigenvalue weighted by Crippen LogP contribution is -2.37. The van der Waals surface area contributed by atoms with Crippen molar-refractivity contribution in [2.24, 2.45) is 0 Å². The molecular weight excluding hydrogens is 336 g/mol. The van der Waals surface area contributed by atoms with E-state index < -0.39 is 22.9 Å². The van der Waals surface area contributed by atoms with Crippen LogP contribution in [0.5, 0.6) is 0 Å². The molecule has 1 aliphatic rings. The first-order valence-electron chi connectivity index (χ1n) is 6.99. The molecule has 2 aromatic carbocycles. The summed E-state index contributed by atoms with van der Waals surface area (Å²) in [6.07, 6.45) is -0.989. The Bertz CT molecular complexity index is 625. The Kier molecular flexibility index (Phi) is 5.57. The molecule has 1 saturated heterocycles. The topological polar surface area (TPSA) is 65.1 Å². The van der Waals surface area contributed by atoms with Gasteiger partial charge in [-0.15, -0.1) is 0 Å². The summed E-state index contributed by atoms with van der Waals surface area (Å²) in [5, 5.41) is 0. The number of hydrogen-bond donors (Lipinski definition) is 0. The van der Waals surface area contributed by atoms with E-state index in [1.807, 2.05) is 65.6 Å². The summed E-state index contributed by atoms with van der Waals surface area (Å²) < 4.78 is 37.9. The fourth-order valence-electron chi connectivity index (χ4n) is 2.23. The van der Waals surface area contributed by atoms with Crippen LogP contribution in [-0.2, 0) is 35.6 Å². The standard InChI is InChI=1S/C15H15NO5P2/c17-22-19-15(20-23(18)21-22)16(11-13-7-3-1-4-8-13)12-14-9-5-2-6-10-14/h1-10,15H,11-12H2/q+2. The van der Waals surface area contributed by atoms with Gasteiger partial charge in [-0.2, -0.15) is 0 Å². The molecule has 8 heteroatoms. The quantitative estimate of drug-likeness (QED) is 0.746. The fourth-order valence-corrected chi connectivity index (χ4v) is 3.69. The molecule has 0 spiro atoms. The van der Waals surface area contributed by atoms with Crippen LogP contribution in [0.25, 0.3) is 0 Å². The molecule has 0 bridgehead atoms. The number of rotatable bonds is 5. The van der Waals surface area contributed by atoms with Crippen LogP contribution >= 0.6 is 16.5 Å². The summed E-state index contributed by atoms with van der Waals surface area (Å²) in [7, 11) is -4.90. The summed E-state index contributed by atoms with van der Waals surface area (Å²) in [5.74, 6) is 0. The summed E-state index contributed by atoms with van der Waals surface area (Å²) in [6, 6.07) is 19.5. The van der Waals surface area contributed by atoms with Gasteiger partial charge in [0.2, 0.25) is 0 Å². The van der Waals surface area contributed by atoms with E-state index in [0.717, 1.165) is 11.1 Å². The molecule has 2 unspecified atom stereocenters. The zero-order chi connectivity index (χ0) is 16.1. The average Bonchev–Trinajstić information content (AvgIpc) is 2.55. The molecule has 2 atom stereocenters. The van der Waals surface area contributed by atoms with Crippen LogP contribution in [0.15, 0.2) is 60.7 Å². The zero-order valence-corrected chi connectivity index (χ0v) is 13.9. The largest absolute Gasteiger partial charge is 0.752 e. The molecule has 0 radical (unpaired) electrons.